The van der Waals surface area contributed by atoms with Gasteiger partial charge >= 0.3 is 6.85 Å². The molecule has 0 aromatic heterocycles. The number of para-hydroxylation sites is 3. The maximum absolute atomic E-state index is 2.65. The molecular formula is C43H29BN2S2. The second-order valence-electron chi connectivity index (χ2n) is 13.7. The molecule has 0 aliphatic carbocycles. The van der Waals surface area contributed by atoms with Gasteiger partial charge in [-0.05, 0) is 93.0 Å². The summed E-state index contributed by atoms with van der Waals surface area (Å²) in [6.45, 7) is 4.81. The number of rotatable bonds is 1. The first kappa shape index (κ1) is 27.2. The Labute approximate surface area is 289 Å². The molecule has 0 unspecified atom stereocenters. The number of nitrogens with zero attached hydrogens (tertiary/aromatic N) is 2. The van der Waals surface area contributed by atoms with Gasteiger partial charge in [-0.3, -0.25) is 0 Å². The molecule has 48 heavy (non-hydrogen) atoms. The topological polar surface area (TPSA) is 6.48 Å². The van der Waals surface area contributed by atoms with Crippen LogP contribution in [0.4, 0.5) is 28.4 Å². The fourth-order valence-corrected chi connectivity index (χ4v) is 11.2. The van der Waals surface area contributed by atoms with Crippen LogP contribution in [0.5, 0.6) is 0 Å². The van der Waals surface area contributed by atoms with Gasteiger partial charge in [0, 0.05) is 47.6 Å². The normalized spacial score (nSPS) is 15.6. The summed E-state index contributed by atoms with van der Waals surface area (Å²) in [6.07, 6.45) is 0. The summed E-state index contributed by atoms with van der Waals surface area (Å²) in [7, 11) is 0. The predicted octanol–water partition coefficient (Wildman–Crippen LogP) is 10.8. The maximum Gasteiger partial charge on any atom is 0.333 e. The third-order valence-electron chi connectivity index (χ3n) is 10.8. The molecule has 2 nitrogen and oxygen atoms in total. The van der Waals surface area contributed by atoms with Crippen molar-refractivity contribution in [2.75, 3.05) is 9.71 Å². The first-order valence-corrected chi connectivity index (χ1v) is 18.3. The lowest BCUT2D eigenvalue weighted by atomic mass is 9.43. The number of hydrogen-bond acceptors (Lipinski definition) is 4. The third-order valence-corrected chi connectivity index (χ3v) is 13.1. The molecule has 7 aromatic carbocycles. The highest BCUT2D eigenvalue weighted by molar-refractivity contribution is 8.00. The lowest BCUT2D eigenvalue weighted by molar-refractivity contribution is 0.607. The fraction of sp³-hybridized carbons (Fsp3) is 0.0698. The van der Waals surface area contributed by atoms with Crippen molar-refractivity contribution in [3.8, 4) is 11.1 Å². The zero-order chi connectivity index (χ0) is 31.7. The molecule has 0 saturated carbocycles. The second-order valence-corrected chi connectivity index (χ2v) is 15.9. The van der Waals surface area contributed by atoms with Crippen LogP contribution in [0.1, 0.15) is 25.0 Å². The number of fused-ring (bicyclic) bond motifs is 10. The molecule has 11 rings (SSSR count). The molecule has 226 valence electrons. The molecule has 0 amide bonds. The average Bonchev–Trinajstić information content (AvgIpc) is 3.12. The molecule has 0 spiro atoms. The van der Waals surface area contributed by atoms with E-state index in [9.17, 15) is 0 Å². The van der Waals surface area contributed by atoms with Gasteiger partial charge < -0.3 is 9.71 Å². The second kappa shape index (κ2) is 9.62. The Morgan fingerprint density at radius 2 is 1.29 bits per heavy atom. The van der Waals surface area contributed by atoms with Crippen molar-refractivity contribution in [3.63, 3.8) is 0 Å². The van der Waals surface area contributed by atoms with Gasteiger partial charge in [0.2, 0.25) is 0 Å². The van der Waals surface area contributed by atoms with E-state index in [1.165, 1.54) is 92.0 Å². The summed E-state index contributed by atoms with van der Waals surface area (Å²) in [5.41, 5.74) is 14.4. The van der Waals surface area contributed by atoms with Gasteiger partial charge in [0.1, 0.15) is 0 Å². The number of anilines is 5. The highest BCUT2D eigenvalue weighted by Crippen LogP contribution is 2.57. The highest BCUT2D eigenvalue weighted by atomic mass is 32.2. The average molecular weight is 649 g/mol. The molecular weight excluding hydrogens is 619 g/mol. The van der Waals surface area contributed by atoms with E-state index in [0.717, 1.165) is 0 Å². The molecule has 4 heterocycles. The van der Waals surface area contributed by atoms with Crippen molar-refractivity contribution in [2.45, 2.75) is 38.8 Å². The standard InChI is InChI=1S/C43H29BN2S2/c1-43(2)30-17-8-10-20-36(30)47-39-24-29-34(25-31(39)43)46(27-14-4-3-5-15-27)44-32-18-12-22-38-42(32)45(33-19-9-11-21-37(33)48-38)35-23-26-13-6-7-16-28(26)40(29)41(35)44/h3-25H,1-2H3. The van der Waals surface area contributed by atoms with Crippen molar-refractivity contribution >= 4 is 80.5 Å². The SMILES string of the molecule is CC1(C)c2ccccc2Sc2cc3c(cc21)N(c1ccccc1)B1c2cccc4c2N(c2ccccc2S4)c2cc4ccccc4c-3c21. The van der Waals surface area contributed by atoms with Gasteiger partial charge in [-0.15, -0.1) is 0 Å². The molecule has 0 atom stereocenters. The van der Waals surface area contributed by atoms with Gasteiger partial charge in [-0.1, -0.05) is 122 Å². The monoisotopic (exact) mass is 648 g/mol. The Morgan fingerprint density at radius 3 is 2.19 bits per heavy atom. The quantitative estimate of drug-likeness (QED) is 0.163. The van der Waals surface area contributed by atoms with E-state index in [0.29, 0.717) is 0 Å². The lowest BCUT2D eigenvalue weighted by Gasteiger charge is -2.48. The molecule has 0 bridgehead atoms. The van der Waals surface area contributed by atoms with Crippen LogP contribution < -0.4 is 20.6 Å². The minimum atomic E-state index is -0.131. The molecule has 4 aliphatic rings. The first-order valence-electron chi connectivity index (χ1n) is 16.6. The van der Waals surface area contributed by atoms with Gasteiger partial charge in [0.15, 0.2) is 0 Å². The molecule has 0 fully saturated rings. The minimum absolute atomic E-state index is 0.0104. The highest BCUT2D eigenvalue weighted by Gasteiger charge is 2.48. The summed E-state index contributed by atoms with van der Waals surface area (Å²) in [5.74, 6) is 0. The summed E-state index contributed by atoms with van der Waals surface area (Å²) in [5, 5.41) is 2.59. The first-order chi connectivity index (χ1) is 23.6. The molecule has 0 N–H and O–H groups in total. The molecule has 4 aliphatic heterocycles. The van der Waals surface area contributed by atoms with E-state index in [-0.39, 0.29) is 12.3 Å². The van der Waals surface area contributed by atoms with E-state index in [1.807, 2.05) is 23.5 Å². The summed E-state index contributed by atoms with van der Waals surface area (Å²) < 4.78 is 0. The van der Waals surface area contributed by atoms with E-state index >= 15 is 0 Å². The van der Waals surface area contributed by atoms with Crippen LogP contribution in [0.2, 0.25) is 0 Å². The van der Waals surface area contributed by atoms with Gasteiger partial charge in [0.25, 0.3) is 0 Å². The Balaban J connectivity index is 1.31. The Bertz CT molecular complexity index is 2520. The third kappa shape index (κ3) is 3.48. The summed E-state index contributed by atoms with van der Waals surface area (Å²) >= 11 is 3.82. The fourth-order valence-electron chi connectivity index (χ4n) is 8.72. The van der Waals surface area contributed by atoms with Crippen LogP contribution in [0.25, 0.3) is 21.9 Å². The van der Waals surface area contributed by atoms with E-state index < -0.39 is 0 Å². The molecule has 5 heteroatoms. The van der Waals surface area contributed by atoms with Crippen LogP contribution >= 0.6 is 23.5 Å². The van der Waals surface area contributed by atoms with Crippen LogP contribution in [-0.2, 0) is 5.41 Å². The Hall–Kier alpha value is -4.84. The molecule has 0 saturated heterocycles. The predicted molar refractivity (Wildman–Crippen MR) is 204 cm³/mol. The number of hydrogen-bond donors (Lipinski definition) is 0. The van der Waals surface area contributed by atoms with Crippen molar-refractivity contribution in [1.82, 2.24) is 0 Å². The van der Waals surface area contributed by atoms with Crippen LogP contribution in [0.15, 0.2) is 159 Å². The van der Waals surface area contributed by atoms with Crippen molar-refractivity contribution in [3.05, 3.63) is 151 Å². The molecule has 7 aromatic rings. The lowest BCUT2D eigenvalue weighted by Crippen LogP contribution is -2.62. The zero-order valence-corrected chi connectivity index (χ0v) is 28.2. The minimum Gasteiger partial charge on any atom is -0.376 e. The van der Waals surface area contributed by atoms with Crippen LogP contribution in [0, 0.1) is 0 Å². The van der Waals surface area contributed by atoms with Crippen LogP contribution in [0.3, 0.4) is 0 Å². The Kier molecular flexibility index (Phi) is 5.44. The van der Waals surface area contributed by atoms with Gasteiger partial charge in [-0.25, -0.2) is 0 Å². The van der Waals surface area contributed by atoms with E-state index in [2.05, 4.69) is 163 Å². The Morgan fingerprint density at radius 1 is 0.562 bits per heavy atom. The molecule has 0 radical (unpaired) electrons. The summed E-state index contributed by atoms with van der Waals surface area (Å²) in [6, 6.07) is 52.4. The van der Waals surface area contributed by atoms with Crippen LogP contribution in [-0.4, -0.2) is 6.85 Å². The zero-order valence-electron chi connectivity index (χ0n) is 26.6. The number of benzene rings is 7. The van der Waals surface area contributed by atoms with Crippen molar-refractivity contribution in [1.29, 1.82) is 0 Å². The van der Waals surface area contributed by atoms with Crippen molar-refractivity contribution < 1.29 is 0 Å². The van der Waals surface area contributed by atoms with E-state index in [1.54, 1.807) is 0 Å². The van der Waals surface area contributed by atoms with E-state index in [4.69, 9.17) is 0 Å². The maximum atomic E-state index is 2.65. The largest absolute Gasteiger partial charge is 0.376 e. The smallest absolute Gasteiger partial charge is 0.333 e. The van der Waals surface area contributed by atoms with Gasteiger partial charge in [-0.2, -0.15) is 0 Å². The summed E-state index contributed by atoms with van der Waals surface area (Å²) in [4.78, 5) is 10.5. The van der Waals surface area contributed by atoms with Crippen molar-refractivity contribution in [2.24, 2.45) is 0 Å². The van der Waals surface area contributed by atoms with Gasteiger partial charge in [0.05, 0.1) is 11.4 Å².